The van der Waals surface area contributed by atoms with E-state index in [-0.39, 0.29) is 5.60 Å². The Labute approximate surface area is 99.1 Å². The Hall–Kier alpha value is -0.290. The van der Waals surface area contributed by atoms with Crippen molar-refractivity contribution in [2.75, 3.05) is 6.61 Å². The molecule has 2 rings (SSSR count). The summed E-state index contributed by atoms with van der Waals surface area (Å²) in [7, 11) is 0. The maximum Gasteiger partial charge on any atom is 0.414 e. The first kappa shape index (κ1) is 13.1. The average Bonchev–Trinajstić information content (AvgIpc) is 2.28. The molecular formula is C12H19F3O2. The van der Waals surface area contributed by atoms with Gasteiger partial charge in [-0.15, -0.1) is 0 Å². The van der Waals surface area contributed by atoms with Crippen molar-refractivity contribution in [1.29, 1.82) is 0 Å². The lowest BCUT2D eigenvalue weighted by Gasteiger charge is -2.44. The zero-order chi connectivity index (χ0) is 12.5. The fraction of sp³-hybridized carbons (Fsp3) is 1.00. The van der Waals surface area contributed by atoms with Gasteiger partial charge in [0.05, 0.1) is 5.60 Å². The molecule has 1 spiro atoms. The van der Waals surface area contributed by atoms with E-state index in [1.54, 1.807) is 0 Å². The predicted molar refractivity (Wildman–Crippen MR) is 56.6 cm³/mol. The Morgan fingerprint density at radius 2 is 1.82 bits per heavy atom. The lowest BCUT2D eigenvalue weighted by Crippen LogP contribution is -2.47. The fourth-order valence-electron chi connectivity index (χ4n) is 3.15. The molecule has 2 aliphatic rings. The van der Waals surface area contributed by atoms with Crippen LogP contribution >= 0.6 is 0 Å². The van der Waals surface area contributed by atoms with E-state index in [1.165, 1.54) is 0 Å². The van der Waals surface area contributed by atoms with Gasteiger partial charge < -0.3 is 9.84 Å². The molecule has 100 valence electrons. The first-order valence-electron chi connectivity index (χ1n) is 6.32. The van der Waals surface area contributed by atoms with Gasteiger partial charge in [-0.05, 0) is 31.6 Å². The van der Waals surface area contributed by atoms with E-state index >= 15 is 0 Å². The smallest absolute Gasteiger partial charge is 0.383 e. The van der Waals surface area contributed by atoms with Gasteiger partial charge in [-0.1, -0.05) is 19.3 Å². The molecule has 1 unspecified atom stereocenters. The minimum absolute atomic E-state index is 0.308. The van der Waals surface area contributed by atoms with Crippen molar-refractivity contribution in [2.45, 2.75) is 62.8 Å². The number of aliphatic hydroxyl groups is 1. The number of rotatable bonds is 1. The van der Waals surface area contributed by atoms with Crippen LogP contribution in [0.4, 0.5) is 13.2 Å². The molecule has 1 saturated carbocycles. The molecule has 2 nitrogen and oxygen atoms in total. The van der Waals surface area contributed by atoms with Crippen molar-refractivity contribution < 1.29 is 23.0 Å². The molecule has 1 heterocycles. The topological polar surface area (TPSA) is 29.5 Å². The molecule has 1 aliphatic carbocycles. The average molecular weight is 252 g/mol. The first-order chi connectivity index (χ1) is 7.93. The van der Waals surface area contributed by atoms with Crippen molar-refractivity contribution in [3.63, 3.8) is 0 Å². The summed E-state index contributed by atoms with van der Waals surface area (Å²) in [6.45, 7) is 0.345. The quantitative estimate of drug-likeness (QED) is 0.777. The van der Waals surface area contributed by atoms with Gasteiger partial charge in [0.15, 0.2) is 6.10 Å². The zero-order valence-electron chi connectivity index (χ0n) is 9.80. The highest BCUT2D eigenvalue weighted by Crippen LogP contribution is 2.43. The summed E-state index contributed by atoms with van der Waals surface area (Å²) in [4.78, 5) is 0. The summed E-state index contributed by atoms with van der Waals surface area (Å²) in [6, 6.07) is 0. The Morgan fingerprint density at radius 3 is 2.41 bits per heavy atom. The Kier molecular flexibility index (Phi) is 3.69. The van der Waals surface area contributed by atoms with E-state index in [0.29, 0.717) is 19.4 Å². The molecule has 2 atom stereocenters. The van der Waals surface area contributed by atoms with Gasteiger partial charge in [-0.25, -0.2) is 0 Å². The molecule has 1 N–H and O–H groups in total. The Balaban J connectivity index is 2.01. The van der Waals surface area contributed by atoms with Crippen LogP contribution in [0.5, 0.6) is 0 Å². The Bertz CT molecular complexity index is 253. The minimum Gasteiger partial charge on any atom is -0.383 e. The molecule has 0 aromatic rings. The van der Waals surface area contributed by atoms with Crippen LogP contribution in [0, 0.1) is 5.92 Å². The van der Waals surface area contributed by atoms with E-state index < -0.39 is 18.2 Å². The highest BCUT2D eigenvalue weighted by molar-refractivity contribution is 4.92. The second kappa shape index (κ2) is 4.76. The van der Waals surface area contributed by atoms with Crippen molar-refractivity contribution in [2.24, 2.45) is 5.92 Å². The van der Waals surface area contributed by atoms with Gasteiger partial charge in [0, 0.05) is 6.61 Å². The summed E-state index contributed by atoms with van der Waals surface area (Å²) in [5.41, 5.74) is -0.382. The maximum absolute atomic E-state index is 12.5. The predicted octanol–water partition coefficient (Wildman–Crippen LogP) is 3.04. The van der Waals surface area contributed by atoms with Crippen molar-refractivity contribution in [3.8, 4) is 0 Å². The molecule has 0 bridgehead atoms. The van der Waals surface area contributed by atoms with Crippen LogP contribution in [0.2, 0.25) is 0 Å². The number of aliphatic hydroxyl groups excluding tert-OH is 1. The van der Waals surface area contributed by atoms with Crippen LogP contribution in [0.3, 0.4) is 0 Å². The molecule has 0 aromatic heterocycles. The third kappa shape index (κ3) is 2.94. The second-order valence-corrected chi connectivity index (χ2v) is 5.33. The van der Waals surface area contributed by atoms with E-state index in [1.807, 2.05) is 0 Å². The van der Waals surface area contributed by atoms with Crippen LogP contribution in [0.15, 0.2) is 0 Å². The molecule has 0 amide bonds. The third-order valence-electron chi connectivity index (χ3n) is 4.08. The minimum atomic E-state index is -4.50. The molecule has 17 heavy (non-hydrogen) atoms. The van der Waals surface area contributed by atoms with Crippen molar-refractivity contribution in [3.05, 3.63) is 0 Å². The Morgan fingerprint density at radius 1 is 1.18 bits per heavy atom. The van der Waals surface area contributed by atoms with Gasteiger partial charge >= 0.3 is 6.18 Å². The van der Waals surface area contributed by atoms with Gasteiger partial charge in [0.25, 0.3) is 0 Å². The molecule has 0 aromatic carbocycles. The van der Waals surface area contributed by atoms with Gasteiger partial charge in [0.2, 0.25) is 0 Å². The molecule has 1 aliphatic heterocycles. The van der Waals surface area contributed by atoms with E-state index in [9.17, 15) is 18.3 Å². The summed E-state index contributed by atoms with van der Waals surface area (Å²) >= 11 is 0. The molecule has 5 heteroatoms. The first-order valence-corrected chi connectivity index (χ1v) is 6.32. The molecular weight excluding hydrogens is 233 g/mol. The number of hydrogen-bond acceptors (Lipinski definition) is 2. The number of hydrogen-bond donors (Lipinski definition) is 1. The number of alkyl halides is 3. The molecule has 2 fully saturated rings. The lowest BCUT2D eigenvalue weighted by atomic mass is 9.74. The van der Waals surface area contributed by atoms with E-state index in [0.717, 1.165) is 32.1 Å². The van der Waals surface area contributed by atoms with Gasteiger partial charge in [0.1, 0.15) is 0 Å². The highest BCUT2D eigenvalue weighted by Gasteiger charge is 2.48. The van der Waals surface area contributed by atoms with E-state index in [2.05, 4.69) is 0 Å². The maximum atomic E-state index is 12.5. The van der Waals surface area contributed by atoms with Crippen LogP contribution in [-0.4, -0.2) is 29.6 Å². The van der Waals surface area contributed by atoms with Crippen molar-refractivity contribution >= 4 is 0 Å². The molecule has 1 saturated heterocycles. The van der Waals surface area contributed by atoms with E-state index in [4.69, 9.17) is 4.74 Å². The van der Waals surface area contributed by atoms with Crippen LogP contribution < -0.4 is 0 Å². The van der Waals surface area contributed by atoms with Crippen molar-refractivity contribution in [1.82, 2.24) is 0 Å². The summed E-state index contributed by atoms with van der Waals surface area (Å²) < 4.78 is 43.2. The summed E-state index contributed by atoms with van der Waals surface area (Å²) in [6.07, 6.45) is -1.16. The second-order valence-electron chi connectivity index (χ2n) is 5.33. The van der Waals surface area contributed by atoms with Gasteiger partial charge in [-0.3, -0.25) is 0 Å². The SMILES string of the molecule is O[C@@H](C1CCOC2(CCCCC2)C1)C(F)(F)F. The monoisotopic (exact) mass is 252 g/mol. The summed E-state index contributed by atoms with van der Waals surface area (Å²) in [5.74, 6) is -0.693. The summed E-state index contributed by atoms with van der Waals surface area (Å²) in [5, 5.41) is 9.34. The van der Waals surface area contributed by atoms with Crippen LogP contribution in [0.25, 0.3) is 0 Å². The van der Waals surface area contributed by atoms with Gasteiger partial charge in [-0.2, -0.15) is 13.2 Å². The third-order valence-corrected chi connectivity index (χ3v) is 4.08. The number of halogens is 3. The standard InChI is InChI=1S/C12H19F3O2/c13-12(14,15)10(16)9-4-7-17-11(8-9)5-2-1-3-6-11/h9-10,16H,1-8H2/t9?,10-/m0/s1. The number of ether oxygens (including phenoxy) is 1. The lowest BCUT2D eigenvalue weighted by molar-refractivity contribution is -0.237. The van der Waals surface area contributed by atoms with Crippen LogP contribution in [0.1, 0.15) is 44.9 Å². The largest absolute Gasteiger partial charge is 0.414 e. The molecule has 0 radical (unpaired) electrons. The zero-order valence-corrected chi connectivity index (χ0v) is 9.80. The highest BCUT2D eigenvalue weighted by atomic mass is 19.4. The fourth-order valence-corrected chi connectivity index (χ4v) is 3.15. The van der Waals surface area contributed by atoms with Crippen LogP contribution in [-0.2, 0) is 4.74 Å². The normalized spacial score (nSPS) is 31.4.